The molecule has 5 nitrogen and oxygen atoms in total. The summed E-state index contributed by atoms with van der Waals surface area (Å²) < 4.78 is 46.1. The highest BCUT2D eigenvalue weighted by Crippen LogP contribution is 2.31. The molecule has 0 aromatic heterocycles. The molecule has 0 bridgehead atoms. The largest absolute Gasteiger partial charge is 0.461 e. The predicted molar refractivity (Wildman–Crippen MR) is 102 cm³/mol. The van der Waals surface area contributed by atoms with Gasteiger partial charge >= 0.3 is 0 Å². The molecule has 1 aliphatic rings. The Hall–Kier alpha value is -1.96. The molecule has 0 unspecified atom stereocenters. The summed E-state index contributed by atoms with van der Waals surface area (Å²) in [5, 5.41) is 9.57. The zero-order valence-electron chi connectivity index (χ0n) is 15.2. The third-order valence-corrected chi connectivity index (χ3v) is 6.41. The van der Waals surface area contributed by atoms with Gasteiger partial charge in [-0.05, 0) is 55.9 Å². The first-order chi connectivity index (χ1) is 12.9. The van der Waals surface area contributed by atoms with Crippen LogP contribution in [0.3, 0.4) is 0 Å². The first kappa shape index (κ1) is 19.8. The van der Waals surface area contributed by atoms with Crippen molar-refractivity contribution in [3.05, 3.63) is 48.0 Å². The number of ether oxygens (including phenoxy) is 1. The topological polar surface area (TPSA) is 75.6 Å². The van der Waals surface area contributed by atoms with Gasteiger partial charge < -0.3 is 9.84 Å². The monoisotopic (exact) mass is 393 g/mol. The molecule has 0 amide bonds. The quantitative estimate of drug-likeness (QED) is 0.787. The Morgan fingerprint density at radius 3 is 2.33 bits per heavy atom. The molecule has 0 aliphatic heterocycles. The van der Waals surface area contributed by atoms with Gasteiger partial charge in [0.2, 0.25) is 16.9 Å². The van der Waals surface area contributed by atoms with Crippen molar-refractivity contribution in [2.45, 2.75) is 49.6 Å². The molecule has 1 aliphatic carbocycles. The summed E-state index contributed by atoms with van der Waals surface area (Å²) in [5.41, 5.74) is 2.75. The zero-order chi connectivity index (χ0) is 19.4. The maximum atomic E-state index is 12.9. The fraction of sp³-hybridized carbons (Fsp3) is 0.400. The minimum Gasteiger partial charge on any atom is -0.461 e. The Bertz CT molecular complexity index is 875. The molecule has 27 heavy (non-hydrogen) atoms. The fourth-order valence-electron chi connectivity index (χ4n) is 3.30. The summed E-state index contributed by atoms with van der Waals surface area (Å²) in [4.78, 5) is -0.0814. The first-order valence-electron chi connectivity index (χ1n) is 8.99. The lowest BCUT2D eigenvalue weighted by molar-refractivity contribution is 0.120. The molecule has 7 heteroatoms. The maximum Gasteiger partial charge on any atom is 0.244 e. The van der Waals surface area contributed by atoms with Crippen LogP contribution in [0.5, 0.6) is 5.75 Å². The highest BCUT2D eigenvalue weighted by molar-refractivity contribution is 7.89. The van der Waals surface area contributed by atoms with Crippen molar-refractivity contribution in [2.24, 2.45) is 0 Å². The minimum absolute atomic E-state index is 0.0149. The molecule has 0 heterocycles. The third-order valence-electron chi connectivity index (χ3n) is 4.85. The van der Waals surface area contributed by atoms with E-state index < -0.39 is 16.9 Å². The highest BCUT2D eigenvalue weighted by atomic mass is 32.2. The summed E-state index contributed by atoms with van der Waals surface area (Å²) in [7, 11) is -3.86. The number of nitrogens with one attached hydrogen (secondary N) is 1. The summed E-state index contributed by atoms with van der Waals surface area (Å²) in [6.45, 7) is 0.864. The van der Waals surface area contributed by atoms with Gasteiger partial charge in [0.1, 0.15) is 10.6 Å². The average Bonchev–Trinajstić information content (AvgIpc) is 2.64. The summed E-state index contributed by atoms with van der Waals surface area (Å²) in [5.74, 6) is -0.0149. The summed E-state index contributed by atoms with van der Waals surface area (Å²) >= 11 is 0. The van der Waals surface area contributed by atoms with Gasteiger partial charge in [0.25, 0.3) is 0 Å². The van der Waals surface area contributed by atoms with Crippen LogP contribution in [0.4, 0.5) is 4.39 Å². The Kier molecular flexibility index (Phi) is 6.14. The number of sulfonamides is 1. The van der Waals surface area contributed by atoms with Crippen LogP contribution in [0.2, 0.25) is 0 Å². The van der Waals surface area contributed by atoms with E-state index in [1.165, 1.54) is 6.07 Å². The standard InChI is InChI=1S/C20H24FNO4S/c1-14-2-4-15(5-3-14)16-6-11-20(19(12-16)26-13-21)27(24,25)22-17-7-9-18(23)10-8-17/h2-6,11-12,17-18,22-23H,7-10,13H2,1H3. The van der Waals surface area contributed by atoms with Crippen molar-refractivity contribution in [3.8, 4) is 16.9 Å². The van der Waals surface area contributed by atoms with Gasteiger partial charge in [-0.3, -0.25) is 0 Å². The third kappa shape index (κ3) is 4.86. The molecule has 0 saturated heterocycles. The van der Waals surface area contributed by atoms with Gasteiger partial charge in [0.05, 0.1) is 6.10 Å². The van der Waals surface area contributed by atoms with Crippen LogP contribution in [0.1, 0.15) is 31.2 Å². The van der Waals surface area contributed by atoms with E-state index in [-0.39, 0.29) is 22.8 Å². The number of benzene rings is 2. The van der Waals surface area contributed by atoms with Crippen molar-refractivity contribution in [1.82, 2.24) is 4.72 Å². The molecule has 1 fully saturated rings. The van der Waals surface area contributed by atoms with Crippen LogP contribution in [0.25, 0.3) is 11.1 Å². The van der Waals surface area contributed by atoms with E-state index in [1.807, 2.05) is 31.2 Å². The van der Waals surface area contributed by atoms with Crippen molar-refractivity contribution in [2.75, 3.05) is 6.86 Å². The molecule has 1 saturated carbocycles. The normalized spacial score (nSPS) is 20.4. The van der Waals surface area contributed by atoms with Gasteiger partial charge in [-0.2, -0.15) is 0 Å². The number of rotatable bonds is 6. The molecular weight excluding hydrogens is 369 g/mol. The van der Waals surface area contributed by atoms with Crippen molar-refractivity contribution in [1.29, 1.82) is 0 Å². The Labute approximate surface area is 159 Å². The van der Waals surface area contributed by atoms with Crippen LogP contribution in [-0.4, -0.2) is 32.5 Å². The summed E-state index contributed by atoms with van der Waals surface area (Å²) in [6.07, 6.45) is 1.90. The number of aliphatic hydroxyl groups excluding tert-OH is 1. The number of halogens is 1. The molecule has 2 aromatic rings. The maximum absolute atomic E-state index is 12.9. The number of hydrogen-bond donors (Lipinski definition) is 2. The molecule has 0 radical (unpaired) electrons. The van der Waals surface area contributed by atoms with E-state index in [1.54, 1.807) is 12.1 Å². The fourth-order valence-corrected chi connectivity index (χ4v) is 4.74. The van der Waals surface area contributed by atoms with Crippen LogP contribution < -0.4 is 9.46 Å². The van der Waals surface area contributed by atoms with E-state index in [0.29, 0.717) is 25.7 Å². The molecule has 0 atom stereocenters. The Morgan fingerprint density at radius 2 is 1.70 bits per heavy atom. The SMILES string of the molecule is Cc1ccc(-c2ccc(S(=O)(=O)NC3CCC(O)CC3)c(OCF)c2)cc1. The van der Waals surface area contributed by atoms with E-state index in [4.69, 9.17) is 4.74 Å². The second-order valence-corrected chi connectivity index (χ2v) is 8.59. The van der Waals surface area contributed by atoms with E-state index in [0.717, 1.165) is 16.7 Å². The lowest BCUT2D eigenvalue weighted by Gasteiger charge is -2.26. The van der Waals surface area contributed by atoms with E-state index in [2.05, 4.69) is 4.72 Å². The first-order valence-corrected chi connectivity index (χ1v) is 10.5. The van der Waals surface area contributed by atoms with Gasteiger partial charge in [-0.1, -0.05) is 35.9 Å². The molecule has 2 N–H and O–H groups in total. The van der Waals surface area contributed by atoms with Crippen molar-refractivity contribution in [3.63, 3.8) is 0 Å². The van der Waals surface area contributed by atoms with Gasteiger partial charge in [-0.15, -0.1) is 0 Å². The second kappa shape index (κ2) is 8.37. The van der Waals surface area contributed by atoms with Gasteiger partial charge in [-0.25, -0.2) is 17.5 Å². The number of aryl methyl sites for hydroxylation is 1. The van der Waals surface area contributed by atoms with Crippen molar-refractivity contribution < 1.29 is 22.7 Å². The average molecular weight is 393 g/mol. The van der Waals surface area contributed by atoms with E-state index in [9.17, 15) is 17.9 Å². The minimum atomic E-state index is -3.86. The molecule has 0 spiro atoms. The molecular formula is C20H24FNO4S. The van der Waals surface area contributed by atoms with Crippen LogP contribution in [0.15, 0.2) is 47.4 Å². The lowest BCUT2D eigenvalue weighted by atomic mass is 9.94. The van der Waals surface area contributed by atoms with Gasteiger partial charge in [0.15, 0.2) is 0 Å². The van der Waals surface area contributed by atoms with Crippen LogP contribution in [0, 0.1) is 6.92 Å². The Morgan fingerprint density at radius 1 is 1.07 bits per heavy atom. The number of aliphatic hydroxyl groups is 1. The van der Waals surface area contributed by atoms with Crippen LogP contribution >= 0.6 is 0 Å². The Balaban J connectivity index is 1.88. The predicted octanol–water partition coefficient (Wildman–Crippen LogP) is 3.55. The van der Waals surface area contributed by atoms with E-state index >= 15 is 0 Å². The number of hydrogen-bond acceptors (Lipinski definition) is 4. The smallest absolute Gasteiger partial charge is 0.244 e. The molecule has 146 valence electrons. The van der Waals surface area contributed by atoms with Crippen LogP contribution in [-0.2, 0) is 10.0 Å². The lowest BCUT2D eigenvalue weighted by Crippen LogP contribution is -2.38. The van der Waals surface area contributed by atoms with Crippen molar-refractivity contribution >= 4 is 10.0 Å². The van der Waals surface area contributed by atoms with Gasteiger partial charge in [0, 0.05) is 6.04 Å². The second-order valence-electron chi connectivity index (χ2n) is 6.91. The number of alkyl halides is 1. The molecule has 2 aromatic carbocycles. The zero-order valence-corrected chi connectivity index (χ0v) is 16.0. The highest BCUT2D eigenvalue weighted by Gasteiger charge is 2.27. The summed E-state index contributed by atoms with van der Waals surface area (Å²) in [6, 6.07) is 12.2. The molecule has 3 rings (SSSR count).